The third kappa shape index (κ3) is 2.37. The van der Waals surface area contributed by atoms with Crippen molar-refractivity contribution in [2.45, 2.75) is 19.9 Å². The minimum atomic E-state index is 0.558. The van der Waals surface area contributed by atoms with E-state index in [4.69, 9.17) is 5.73 Å². The molecule has 0 aliphatic rings. The van der Waals surface area contributed by atoms with Crippen LogP contribution in [0.4, 0.5) is 0 Å². The summed E-state index contributed by atoms with van der Waals surface area (Å²) in [5.74, 6) is 0.999. The van der Waals surface area contributed by atoms with E-state index in [9.17, 15) is 0 Å². The van der Waals surface area contributed by atoms with Crippen LogP contribution >= 0.6 is 0 Å². The van der Waals surface area contributed by atoms with E-state index in [-0.39, 0.29) is 0 Å². The fraction of sp³-hybridized carbons (Fsp3) is 0.188. The van der Waals surface area contributed by atoms with E-state index in [1.165, 1.54) is 11.1 Å². The van der Waals surface area contributed by atoms with Crippen molar-refractivity contribution in [3.63, 3.8) is 0 Å². The van der Waals surface area contributed by atoms with Gasteiger partial charge in [0.05, 0.1) is 11.0 Å². The minimum absolute atomic E-state index is 0.558. The number of hydrogen-bond donors (Lipinski definition) is 2. The highest BCUT2D eigenvalue weighted by molar-refractivity contribution is 5.76. The topological polar surface area (TPSA) is 54.7 Å². The molecule has 0 radical (unpaired) electrons. The predicted octanol–water partition coefficient (Wildman–Crippen LogP) is 2.92. The van der Waals surface area contributed by atoms with E-state index in [2.05, 4.69) is 47.2 Å². The first-order valence-electron chi connectivity index (χ1n) is 6.48. The van der Waals surface area contributed by atoms with Crippen molar-refractivity contribution in [2.24, 2.45) is 5.73 Å². The first kappa shape index (κ1) is 11.9. The van der Waals surface area contributed by atoms with Crippen molar-refractivity contribution in [1.82, 2.24) is 9.97 Å². The molecule has 96 valence electrons. The summed E-state index contributed by atoms with van der Waals surface area (Å²) in [5, 5.41) is 0. The van der Waals surface area contributed by atoms with Crippen LogP contribution in [0.25, 0.3) is 11.0 Å². The number of nitrogens with one attached hydrogen (secondary N) is 1. The molecule has 0 spiro atoms. The summed E-state index contributed by atoms with van der Waals surface area (Å²) in [6.07, 6.45) is 0.833. The van der Waals surface area contributed by atoms with E-state index >= 15 is 0 Å². The van der Waals surface area contributed by atoms with Gasteiger partial charge in [0, 0.05) is 13.0 Å². The fourth-order valence-electron chi connectivity index (χ4n) is 2.31. The summed E-state index contributed by atoms with van der Waals surface area (Å²) in [6.45, 7) is 2.69. The fourth-order valence-corrected chi connectivity index (χ4v) is 2.31. The van der Waals surface area contributed by atoms with E-state index in [0.717, 1.165) is 28.8 Å². The second kappa shape index (κ2) is 4.86. The Labute approximate surface area is 112 Å². The Bertz CT molecular complexity index is 713. The average molecular weight is 251 g/mol. The molecule has 0 bridgehead atoms. The second-order valence-corrected chi connectivity index (χ2v) is 4.84. The molecule has 0 saturated heterocycles. The average Bonchev–Trinajstić information content (AvgIpc) is 2.82. The van der Waals surface area contributed by atoms with Crippen LogP contribution in [0.15, 0.2) is 42.5 Å². The van der Waals surface area contributed by atoms with Crippen molar-refractivity contribution >= 4 is 11.0 Å². The summed E-state index contributed by atoms with van der Waals surface area (Å²) in [7, 11) is 0. The van der Waals surface area contributed by atoms with Gasteiger partial charge in [0.25, 0.3) is 0 Å². The number of H-pyrrole nitrogens is 1. The molecule has 3 N–H and O–H groups in total. The van der Waals surface area contributed by atoms with Gasteiger partial charge in [-0.25, -0.2) is 4.98 Å². The molecule has 3 nitrogen and oxygen atoms in total. The van der Waals surface area contributed by atoms with Crippen molar-refractivity contribution in [1.29, 1.82) is 0 Å². The molecule has 2 aromatic carbocycles. The van der Waals surface area contributed by atoms with Crippen LogP contribution in [0.5, 0.6) is 0 Å². The van der Waals surface area contributed by atoms with Crippen molar-refractivity contribution < 1.29 is 0 Å². The Morgan fingerprint density at radius 2 is 2.00 bits per heavy atom. The number of aromatic amines is 1. The van der Waals surface area contributed by atoms with Gasteiger partial charge in [0.1, 0.15) is 5.82 Å². The van der Waals surface area contributed by atoms with Crippen LogP contribution in [0.2, 0.25) is 0 Å². The molecule has 0 unspecified atom stereocenters. The summed E-state index contributed by atoms with van der Waals surface area (Å²) >= 11 is 0. The monoisotopic (exact) mass is 251 g/mol. The Morgan fingerprint density at radius 1 is 1.16 bits per heavy atom. The number of nitrogens with two attached hydrogens (primary N) is 1. The molecule has 0 aliphatic heterocycles. The van der Waals surface area contributed by atoms with E-state index < -0.39 is 0 Å². The number of rotatable bonds is 3. The molecule has 0 fully saturated rings. The smallest absolute Gasteiger partial charge is 0.111 e. The van der Waals surface area contributed by atoms with Gasteiger partial charge in [-0.15, -0.1) is 0 Å². The SMILES string of the molecule is Cc1ccccc1Cc1nc2ccc(CN)cc2[nH]1. The van der Waals surface area contributed by atoms with Gasteiger partial charge < -0.3 is 10.7 Å². The zero-order chi connectivity index (χ0) is 13.2. The summed E-state index contributed by atoms with van der Waals surface area (Å²) in [4.78, 5) is 8.01. The molecule has 3 aromatic rings. The molecule has 3 heteroatoms. The quantitative estimate of drug-likeness (QED) is 0.752. The van der Waals surface area contributed by atoms with Gasteiger partial charge in [-0.05, 0) is 35.7 Å². The molecule has 1 heterocycles. The Kier molecular flexibility index (Phi) is 3.05. The highest BCUT2D eigenvalue weighted by Gasteiger charge is 2.05. The van der Waals surface area contributed by atoms with Crippen LogP contribution < -0.4 is 5.73 Å². The van der Waals surface area contributed by atoms with E-state index in [1.54, 1.807) is 0 Å². The third-order valence-electron chi connectivity index (χ3n) is 3.45. The van der Waals surface area contributed by atoms with Gasteiger partial charge in [-0.2, -0.15) is 0 Å². The summed E-state index contributed by atoms with van der Waals surface area (Å²) in [5.41, 5.74) is 11.4. The second-order valence-electron chi connectivity index (χ2n) is 4.84. The van der Waals surface area contributed by atoms with Gasteiger partial charge in [-0.3, -0.25) is 0 Å². The first-order chi connectivity index (χ1) is 9.26. The lowest BCUT2D eigenvalue weighted by molar-refractivity contribution is 1.02. The van der Waals surface area contributed by atoms with Crippen molar-refractivity contribution in [3.8, 4) is 0 Å². The molecule has 0 saturated carbocycles. The summed E-state index contributed by atoms with van der Waals surface area (Å²) in [6, 6.07) is 14.5. The molecular weight excluding hydrogens is 234 g/mol. The molecule has 19 heavy (non-hydrogen) atoms. The molecule has 0 atom stereocenters. The highest BCUT2D eigenvalue weighted by Crippen LogP contribution is 2.17. The van der Waals surface area contributed by atoms with Crippen LogP contribution in [0, 0.1) is 6.92 Å². The first-order valence-corrected chi connectivity index (χ1v) is 6.48. The Morgan fingerprint density at radius 3 is 2.79 bits per heavy atom. The van der Waals surface area contributed by atoms with E-state index in [1.807, 2.05) is 12.1 Å². The van der Waals surface area contributed by atoms with Crippen molar-refractivity contribution in [3.05, 3.63) is 65.0 Å². The number of aryl methyl sites for hydroxylation is 1. The molecule has 0 aliphatic carbocycles. The Hall–Kier alpha value is -2.13. The van der Waals surface area contributed by atoms with Crippen molar-refractivity contribution in [2.75, 3.05) is 0 Å². The normalized spacial score (nSPS) is 11.1. The molecular formula is C16H17N3. The van der Waals surface area contributed by atoms with Gasteiger partial charge in [0.2, 0.25) is 0 Å². The lowest BCUT2D eigenvalue weighted by atomic mass is 10.1. The zero-order valence-electron chi connectivity index (χ0n) is 11.0. The number of imidazole rings is 1. The maximum atomic E-state index is 5.66. The van der Waals surface area contributed by atoms with Gasteiger partial charge in [-0.1, -0.05) is 30.3 Å². The van der Waals surface area contributed by atoms with Gasteiger partial charge in [0.15, 0.2) is 0 Å². The Balaban J connectivity index is 1.95. The standard InChI is InChI=1S/C16H17N3/c1-11-4-2-3-5-13(11)9-16-18-14-7-6-12(10-17)8-15(14)19-16/h2-8H,9-10,17H2,1H3,(H,18,19). The lowest BCUT2D eigenvalue weighted by Crippen LogP contribution is -1.95. The number of benzene rings is 2. The lowest BCUT2D eigenvalue weighted by Gasteiger charge is -2.02. The van der Waals surface area contributed by atoms with E-state index in [0.29, 0.717) is 6.54 Å². The molecule has 3 rings (SSSR count). The van der Waals surface area contributed by atoms with Crippen LogP contribution in [-0.2, 0) is 13.0 Å². The van der Waals surface area contributed by atoms with Gasteiger partial charge >= 0.3 is 0 Å². The highest BCUT2D eigenvalue weighted by atomic mass is 14.9. The maximum absolute atomic E-state index is 5.66. The number of aromatic nitrogens is 2. The van der Waals surface area contributed by atoms with Crippen LogP contribution in [0.1, 0.15) is 22.5 Å². The number of hydrogen-bond acceptors (Lipinski definition) is 2. The zero-order valence-corrected chi connectivity index (χ0v) is 11.0. The van der Waals surface area contributed by atoms with Crippen LogP contribution in [-0.4, -0.2) is 9.97 Å². The maximum Gasteiger partial charge on any atom is 0.111 e. The number of fused-ring (bicyclic) bond motifs is 1. The number of nitrogens with zero attached hydrogens (tertiary/aromatic N) is 1. The largest absolute Gasteiger partial charge is 0.342 e. The predicted molar refractivity (Wildman–Crippen MR) is 78.0 cm³/mol. The third-order valence-corrected chi connectivity index (χ3v) is 3.45. The minimum Gasteiger partial charge on any atom is -0.342 e. The summed E-state index contributed by atoms with van der Waals surface area (Å²) < 4.78 is 0. The molecule has 0 amide bonds. The molecule has 1 aromatic heterocycles. The van der Waals surface area contributed by atoms with Crippen LogP contribution in [0.3, 0.4) is 0 Å².